The number of ether oxygens (including phenoxy) is 19. The Morgan fingerprint density at radius 1 is 0.304 bits per heavy atom. The van der Waals surface area contributed by atoms with Gasteiger partial charge in [0.1, 0.15) is 244 Å². The van der Waals surface area contributed by atoms with Crippen LogP contribution in [0.4, 0.5) is 0 Å². The Labute approximate surface area is 779 Å². The molecule has 0 bridgehead atoms. The minimum atomic E-state index is -3.22. The molecule has 10 rings (SSSR count). The van der Waals surface area contributed by atoms with Gasteiger partial charge in [-0.15, -0.1) is 0 Å². The van der Waals surface area contributed by atoms with Gasteiger partial charge in [0.2, 0.25) is 41.1 Å². The molecule has 62 heteroatoms. The Balaban J connectivity index is 0.908. The normalized spacial score (nSPS) is 46.2. The Morgan fingerprint density at radius 3 is 0.949 bits per heavy atom. The van der Waals surface area contributed by atoms with Crippen LogP contribution in [0.15, 0.2) is 0 Å². The SMILES string of the molecule is CC(=O)N[C@@H]1[C@@H](O)[C@H](O[C@@H]2O[C@H](CO[C@H]3O[C@H](CO)[C@@H](O)[C@H](O)[C@@H]3O[C@@H]3O[C@H](CO)[C@@H](O[C@@H]4O[C@H](CO[C@]5(C(=O)[O-])C[C@H](O)[C@@H](NC(C)=O)[C@H]([C@H](O)[C@H](O)CO)O5)[C@H](O)[C@H](O)[C@H]4O)[C@H](O)[C@H]3NC(C)=O)[C@@H](O)[C@H](O[C@H]3O[C@H](CO)[C@@H](O)[C@H](O)[C@@H]3O[C@@H]3O[C@H](CO)[C@@H](O[C@@H]4O[C@H](CO[C@]5(C(=O)[O-])C[C@H](O)[C@@H](NC(C)=O)[C@H]([C@H](O)[C@H](O)CO)O5)[C@H](O)[C@H](O)[C@H]4O)[C@H](O)[C@H]3NC(C)=O)[C@@H]2O)[C@@H](CO)O[C@H]1O. The number of aliphatic carboxylic acids is 2. The lowest BCUT2D eigenvalue weighted by Crippen LogP contribution is -2.70. The molecule has 34 N–H and O–H groups in total. The first-order chi connectivity index (χ1) is 64.9. The van der Waals surface area contributed by atoms with Crippen LogP contribution in [0.5, 0.6) is 0 Å². The molecule has 0 aliphatic carbocycles. The molecule has 10 saturated heterocycles. The second-order valence-corrected chi connectivity index (χ2v) is 34.6. The van der Waals surface area contributed by atoms with Crippen molar-refractivity contribution >= 4 is 41.5 Å². The smallest absolute Gasteiger partial charge is 0.217 e. The lowest BCUT2D eigenvalue weighted by molar-refractivity contribution is -0.399. The van der Waals surface area contributed by atoms with Gasteiger partial charge in [0.25, 0.3) is 0 Å². The molecule has 10 heterocycles. The van der Waals surface area contributed by atoms with E-state index in [0.717, 1.165) is 34.6 Å². The van der Waals surface area contributed by atoms with Gasteiger partial charge in [-0.25, -0.2) is 0 Å². The van der Waals surface area contributed by atoms with Crippen LogP contribution >= 0.6 is 0 Å². The molecule has 10 aliphatic heterocycles. The van der Waals surface area contributed by atoms with Gasteiger partial charge in [-0.2, -0.15) is 0 Å². The minimum absolute atomic E-state index is 0.851. The van der Waals surface area contributed by atoms with E-state index in [-0.39, 0.29) is 0 Å². The molecule has 0 radical (unpaired) electrons. The predicted octanol–water partition coefficient (Wildman–Crippen LogP) is -26.3. The third kappa shape index (κ3) is 25.4. The second-order valence-electron chi connectivity index (χ2n) is 34.6. The second kappa shape index (κ2) is 49.0. The first-order valence-corrected chi connectivity index (χ1v) is 43.4. The molecule has 52 atom stereocenters. The number of carboxylic acid groups (broad SMARTS) is 2. The molecule has 10 fully saturated rings. The molecule has 62 nitrogen and oxygen atoms in total. The maximum atomic E-state index is 13.2. The molecule has 0 aromatic carbocycles. The topological polar surface area (TPSA) is 988 Å². The number of carbonyl (C=O) groups is 7. The predicted molar refractivity (Wildman–Crippen MR) is 417 cm³/mol. The maximum Gasteiger partial charge on any atom is 0.217 e. The van der Waals surface area contributed by atoms with Crippen LogP contribution in [0, 0.1) is 0 Å². The highest BCUT2D eigenvalue weighted by Gasteiger charge is 2.63. The van der Waals surface area contributed by atoms with Crippen molar-refractivity contribution in [2.75, 3.05) is 66.1 Å². The summed E-state index contributed by atoms with van der Waals surface area (Å²) in [6.45, 7) is -7.84. The highest BCUT2D eigenvalue weighted by Crippen LogP contribution is 2.43. The summed E-state index contributed by atoms with van der Waals surface area (Å²) in [5, 5.41) is 362. The summed E-state index contributed by atoms with van der Waals surface area (Å²) in [5.74, 6) is -15.8. The summed E-state index contributed by atoms with van der Waals surface area (Å²) < 4.78 is 111. The van der Waals surface area contributed by atoms with Crippen LogP contribution < -0.4 is 36.8 Å². The van der Waals surface area contributed by atoms with Gasteiger partial charge < -0.3 is 284 Å². The maximum absolute atomic E-state index is 13.2. The molecule has 0 unspecified atom stereocenters. The molecule has 0 spiro atoms. The zero-order valence-electron chi connectivity index (χ0n) is 73.8. The molecule has 0 aromatic heterocycles. The average molecular weight is 2020 g/mol. The Morgan fingerprint density at radius 2 is 0.594 bits per heavy atom. The number of carboxylic acids is 2. The van der Waals surface area contributed by atoms with Crippen molar-refractivity contribution in [3.8, 4) is 0 Å². The fraction of sp³-hybridized carbons (Fsp3) is 0.908. The van der Waals surface area contributed by atoms with Gasteiger partial charge in [0.15, 0.2) is 50.3 Å². The summed E-state index contributed by atoms with van der Waals surface area (Å²) >= 11 is 0. The van der Waals surface area contributed by atoms with Crippen molar-refractivity contribution in [1.82, 2.24) is 26.6 Å². The van der Waals surface area contributed by atoms with E-state index in [0.29, 0.717) is 0 Å². The number of aliphatic hydroxyl groups excluding tert-OH is 29. The zero-order chi connectivity index (χ0) is 102. The van der Waals surface area contributed by atoms with Gasteiger partial charge in [-0.3, -0.25) is 24.0 Å². The van der Waals surface area contributed by atoms with Crippen LogP contribution in [0.25, 0.3) is 0 Å². The molecule has 5 amide bonds. The van der Waals surface area contributed by atoms with E-state index in [2.05, 4.69) is 26.6 Å². The third-order valence-corrected chi connectivity index (χ3v) is 24.8. The minimum Gasteiger partial charge on any atom is -0.544 e. The zero-order valence-corrected chi connectivity index (χ0v) is 73.8. The van der Waals surface area contributed by atoms with E-state index in [9.17, 15) is 192 Å². The Bertz CT molecular complexity index is 3930. The molecule has 0 aromatic rings. The number of aliphatic hydroxyl groups is 29. The summed E-state index contributed by atoms with van der Waals surface area (Å²) in [6, 6.07) is -9.48. The highest BCUT2D eigenvalue weighted by molar-refractivity contribution is 5.77. The van der Waals surface area contributed by atoms with Crippen molar-refractivity contribution in [3.63, 3.8) is 0 Å². The molecule has 796 valence electrons. The van der Waals surface area contributed by atoms with Gasteiger partial charge >= 0.3 is 0 Å². The fourth-order valence-electron chi connectivity index (χ4n) is 17.5. The lowest BCUT2D eigenvalue weighted by Gasteiger charge is -2.51. The van der Waals surface area contributed by atoms with Crippen molar-refractivity contribution in [1.29, 1.82) is 0 Å². The quantitative estimate of drug-likeness (QED) is 0.0272. The van der Waals surface area contributed by atoms with E-state index in [1.165, 1.54) is 0 Å². The van der Waals surface area contributed by atoms with E-state index in [1.54, 1.807) is 0 Å². The molecule has 10 aliphatic rings. The Kier molecular flexibility index (Phi) is 40.6. The van der Waals surface area contributed by atoms with Crippen LogP contribution in [0.3, 0.4) is 0 Å². The van der Waals surface area contributed by atoms with Crippen molar-refractivity contribution < 1.29 is 282 Å². The monoisotopic (exact) mass is 2020 g/mol. The van der Waals surface area contributed by atoms with Crippen molar-refractivity contribution in [3.05, 3.63) is 0 Å². The van der Waals surface area contributed by atoms with Crippen LogP contribution in [-0.2, 0) is 124 Å². The van der Waals surface area contributed by atoms with Gasteiger partial charge in [0, 0.05) is 47.5 Å². The third-order valence-electron chi connectivity index (χ3n) is 24.8. The van der Waals surface area contributed by atoms with E-state index >= 15 is 0 Å². The number of amides is 5. The standard InChI is InChI=1S/C76H125N5O57/c1-18(89)77-35-23(94)6-75(73(116)117,137-60(35)40(98)25(96)8-82)121-16-33-44(102)50(108)54(112)68(129-33)131-58-30(13-87)126-66(38(48(58)106)80-21(4)92)135-63-52(110)42(100)27(10-84)124-71(63)120-15-32-46(104)62(56(114)70(128-32)133-57-29(12-86)123-65(115)37(47(57)105)79-20(3)91)134-72-64(53(111)43(101)28(11-85)125-72)136-67-39(81-22(5)93)49(107)59(31(14-88)127-67)132-69-55(113)51(109)45(103)34(130-69)17-122-76(74(118)119)7-24(95)36(78-19(2)90)61(138-76)41(99)26(97)9-83/h23-72,82-88,94-115H,6-17H2,1-5H3,(H,77,89)(H,78,90)(H,79,91)(H,80,92)(H,81,93)(H,116,117)(H,118,119)/p-2/t23-,24-,25+,26+,27+,28+,29+,30+,31+,32+,33+,34+,35+,36+,37+,38+,39+,40+,41+,42+,43+,44-,45-,46+,47+,48+,49+,50-,51-,52-,53-,54+,55+,56-,57+,58+,59+,60+,61+,62-,63-,64-,65+,66-,67-,68-,69-,70-,71-,72+,75+,76+/m0/s1. The van der Waals surface area contributed by atoms with Crippen molar-refractivity contribution in [2.24, 2.45) is 0 Å². The van der Waals surface area contributed by atoms with Crippen LogP contribution in [-0.4, -0.2) is 574 Å². The average Bonchev–Trinajstić information content (AvgIpc) is 0.776. The summed E-state index contributed by atoms with van der Waals surface area (Å²) in [7, 11) is 0. The van der Waals surface area contributed by atoms with Gasteiger partial charge in [-0.05, 0) is 0 Å². The summed E-state index contributed by atoms with van der Waals surface area (Å²) in [4.78, 5) is 88.9. The first kappa shape index (κ1) is 114. The molecule has 138 heavy (non-hydrogen) atoms. The van der Waals surface area contributed by atoms with Crippen LogP contribution in [0.2, 0.25) is 0 Å². The molecular weight excluding hydrogens is 1890 g/mol. The molecule has 0 saturated carbocycles. The number of nitrogens with one attached hydrogen (secondary N) is 5. The number of hydrogen-bond acceptors (Lipinski definition) is 57. The van der Waals surface area contributed by atoms with E-state index < -0.39 is 438 Å². The molecular formula is C76H123N5O57-2. The number of hydrogen-bond donors (Lipinski definition) is 34. The van der Waals surface area contributed by atoms with E-state index in [1.807, 2.05) is 0 Å². The summed E-state index contributed by atoms with van der Waals surface area (Å²) in [5.41, 5.74) is 0. The number of rotatable bonds is 39. The van der Waals surface area contributed by atoms with Crippen molar-refractivity contribution in [2.45, 2.75) is 365 Å². The summed E-state index contributed by atoms with van der Waals surface area (Å²) in [6.07, 6.45) is -104. The van der Waals surface area contributed by atoms with Gasteiger partial charge in [0.05, 0.1) is 90.4 Å². The fourth-order valence-corrected chi connectivity index (χ4v) is 17.5. The number of carbonyl (C=O) groups excluding carboxylic acids is 7. The first-order valence-electron chi connectivity index (χ1n) is 43.4. The highest BCUT2D eigenvalue weighted by atomic mass is 16.8. The van der Waals surface area contributed by atoms with E-state index in [4.69, 9.17) is 90.0 Å². The largest absolute Gasteiger partial charge is 0.544 e. The lowest BCUT2D eigenvalue weighted by atomic mass is 9.88. The van der Waals surface area contributed by atoms with Crippen LogP contribution in [0.1, 0.15) is 47.5 Å². The Hall–Kier alpha value is -5.63. The van der Waals surface area contributed by atoms with Gasteiger partial charge in [-0.1, -0.05) is 0 Å².